The molecule has 3 aromatic rings. The highest BCUT2D eigenvalue weighted by Crippen LogP contribution is 2.31. The third-order valence-electron chi connectivity index (χ3n) is 6.30. The van der Waals surface area contributed by atoms with E-state index in [0.717, 1.165) is 41.6 Å². The summed E-state index contributed by atoms with van der Waals surface area (Å²) in [7, 11) is -3.58. The first-order valence-electron chi connectivity index (χ1n) is 12.1. The van der Waals surface area contributed by atoms with Gasteiger partial charge in [-0.3, -0.25) is 0 Å². The van der Waals surface area contributed by atoms with Crippen LogP contribution in [-0.2, 0) is 31.8 Å². The van der Waals surface area contributed by atoms with Gasteiger partial charge in [0, 0.05) is 25.4 Å². The van der Waals surface area contributed by atoms with E-state index in [1.165, 1.54) is 9.87 Å². The Balaban J connectivity index is 1.43. The van der Waals surface area contributed by atoms with Gasteiger partial charge in [0.15, 0.2) is 5.16 Å². The van der Waals surface area contributed by atoms with Gasteiger partial charge in [-0.25, -0.2) is 13.4 Å². The smallest absolute Gasteiger partial charge is 0.243 e. The average molecular weight is 518 g/mol. The van der Waals surface area contributed by atoms with Crippen LogP contribution in [0.15, 0.2) is 52.5 Å². The molecule has 0 radical (unpaired) electrons. The number of imidazole rings is 1. The fourth-order valence-electron chi connectivity index (χ4n) is 4.46. The van der Waals surface area contributed by atoms with Crippen LogP contribution in [0, 0.1) is 0 Å². The van der Waals surface area contributed by atoms with Gasteiger partial charge in [-0.15, -0.1) is 0 Å². The molecule has 0 aliphatic carbocycles. The second kappa shape index (κ2) is 10.9. The Kier molecular flexibility index (Phi) is 7.64. The molecular formula is C25H31N3O5S2. The largest absolute Gasteiger partial charge is 0.494 e. The van der Waals surface area contributed by atoms with E-state index in [9.17, 15) is 8.42 Å². The quantitative estimate of drug-likeness (QED) is 0.398. The summed E-state index contributed by atoms with van der Waals surface area (Å²) in [5.74, 6) is 1.61. The number of thioether (sulfide) groups is 1. The van der Waals surface area contributed by atoms with Gasteiger partial charge in [0.2, 0.25) is 10.0 Å². The highest BCUT2D eigenvalue weighted by atomic mass is 32.2. The monoisotopic (exact) mass is 517 g/mol. The van der Waals surface area contributed by atoms with E-state index < -0.39 is 10.0 Å². The van der Waals surface area contributed by atoms with E-state index in [4.69, 9.17) is 19.2 Å². The van der Waals surface area contributed by atoms with Gasteiger partial charge < -0.3 is 18.8 Å². The van der Waals surface area contributed by atoms with Crippen molar-refractivity contribution < 1.29 is 22.6 Å². The van der Waals surface area contributed by atoms with Crippen LogP contribution in [0.2, 0.25) is 0 Å². The summed E-state index contributed by atoms with van der Waals surface area (Å²) in [5.41, 5.74) is 2.78. The standard InChI is InChI=1S/C25H31N3O5S2/c1-2-32-20-7-5-19(6-8-20)18-34-25-26-23-16-22(35(29,30)27-11-14-31-15-12-27)9-10-24(23)28(25)17-21-4-3-13-33-21/h5-10,16,21H,2-4,11-15,17-18H2,1H3/t21-/m0/s1. The predicted octanol–water partition coefficient (Wildman–Crippen LogP) is 3.93. The van der Waals surface area contributed by atoms with Crippen molar-refractivity contribution in [1.29, 1.82) is 0 Å². The fourth-order valence-corrected chi connectivity index (χ4v) is 6.87. The molecule has 0 saturated carbocycles. The third kappa shape index (κ3) is 5.51. The van der Waals surface area contributed by atoms with Crippen LogP contribution in [0.25, 0.3) is 11.0 Å². The average Bonchev–Trinajstić information content (AvgIpc) is 3.52. The Labute approximate surface area is 210 Å². The zero-order valence-corrected chi connectivity index (χ0v) is 21.5. The molecule has 0 N–H and O–H groups in total. The van der Waals surface area contributed by atoms with Gasteiger partial charge in [-0.1, -0.05) is 23.9 Å². The molecule has 0 unspecified atom stereocenters. The normalized spacial score (nSPS) is 19.4. The minimum absolute atomic E-state index is 0.147. The Bertz CT molecular complexity index is 1250. The maximum Gasteiger partial charge on any atom is 0.243 e. The van der Waals surface area contributed by atoms with Gasteiger partial charge in [0.05, 0.1) is 48.4 Å². The van der Waals surface area contributed by atoms with E-state index in [1.807, 2.05) is 25.1 Å². The summed E-state index contributed by atoms with van der Waals surface area (Å²) in [6, 6.07) is 13.4. The van der Waals surface area contributed by atoms with Gasteiger partial charge in [0.1, 0.15) is 5.75 Å². The molecular weight excluding hydrogens is 486 g/mol. The molecule has 1 aromatic heterocycles. The van der Waals surface area contributed by atoms with Crippen LogP contribution in [0.1, 0.15) is 25.3 Å². The van der Waals surface area contributed by atoms with E-state index in [2.05, 4.69) is 16.7 Å². The first-order chi connectivity index (χ1) is 17.0. The molecule has 10 heteroatoms. The molecule has 188 valence electrons. The number of fused-ring (bicyclic) bond motifs is 1. The Morgan fingerprint density at radius 1 is 1.11 bits per heavy atom. The van der Waals surface area contributed by atoms with Crippen molar-refractivity contribution in [2.45, 2.75) is 48.2 Å². The van der Waals surface area contributed by atoms with Crippen molar-refractivity contribution in [3.05, 3.63) is 48.0 Å². The first kappa shape index (κ1) is 24.6. The lowest BCUT2D eigenvalue weighted by Crippen LogP contribution is -2.40. The van der Waals surface area contributed by atoms with Gasteiger partial charge >= 0.3 is 0 Å². The van der Waals surface area contributed by atoms with Crippen molar-refractivity contribution in [3.63, 3.8) is 0 Å². The number of hydrogen-bond acceptors (Lipinski definition) is 7. The van der Waals surface area contributed by atoms with Gasteiger partial charge in [0.25, 0.3) is 0 Å². The van der Waals surface area contributed by atoms with E-state index in [0.29, 0.717) is 45.0 Å². The topological polar surface area (TPSA) is 82.9 Å². The van der Waals surface area contributed by atoms with Crippen LogP contribution in [0.3, 0.4) is 0 Å². The fraction of sp³-hybridized carbons (Fsp3) is 0.480. The zero-order chi connectivity index (χ0) is 24.3. The minimum atomic E-state index is -3.58. The van der Waals surface area contributed by atoms with Crippen molar-refractivity contribution in [2.24, 2.45) is 0 Å². The number of sulfonamides is 1. The molecule has 2 saturated heterocycles. The zero-order valence-electron chi connectivity index (χ0n) is 19.9. The Morgan fingerprint density at radius 3 is 2.63 bits per heavy atom. The molecule has 2 fully saturated rings. The number of aromatic nitrogens is 2. The van der Waals surface area contributed by atoms with E-state index in [1.54, 1.807) is 23.9 Å². The third-order valence-corrected chi connectivity index (χ3v) is 9.25. The Morgan fingerprint density at radius 2 is 1.91 bits per heavy atom. The number of ether oxygens (including phenoxy) is 3. The van der Waals surface area contributed by atoms with Crippen molar-refractivity contribution >= 4 is 32.8 Å². The highest BCUT2D eigenvalue weighted by molar-refractivity contribution is 7.98. The van der Waals surface area contributed by atoms with Crippen molar-refractivity contribution in [3.8, 4) is 5.75 Å². The lowest BCUT2D eigenvalue weighted by atomic mass is 10.2. The molecule has 2 aliphatic heterocycles. The SMILES string of the molecule is CCOc1ccc(CSc2nc3cc(S(=O)(=O)N4CCOCC4)ccc3n2C[C@@H]2CCCO2)cc1. The lowest BCUT2D eigenvalue weighted by molar-refractivity contribution is 0.0730. The molecule has 0 bridgehead atoms. The summed E-state index contributed by atoms with van der Waals surface area (Å²) in [4.78, 5) is 5.15. The number of nitrogens with zero attached hydrogens (tertiary/aromatic N) is 3. The second-order valence-electron chi connectivity index (χ2n) is 8.67. The molecule has 5 rings (SSSR count). The molecule has 2 aromatic carbocycles. The first-order valence-corrected chi connectivity index (χ1v) is 14.5. The van der Waals surface area contributed by atoms with Crippen LogP contribution < -0.4 is 4.74 Å². The summed E-state index contributed by atoms with van der Waals surface area (Å²) in [5, 5.41) is 0.866. The summed E-state index contributed by atoms with van der Waals surface area (Å²) >= 11 is 1.65. The van der Waals surface area contributed by atoms with E-state index >= 15 is 0 Å². The van der Waals surface area contributed by atoms with Crippen molar-refractivity contribution in [1.82, 2.24) is 13.9 Å². The Hall–Kier alpha value is -2.11. The number of benzene rings is 2. The van der Waals surface area contributed by atoms with Crippen molar-refractivity contribution in [2.75, 3.05) is 39.5 Å². The molecule has 0 spiro atoms. The van der Waals surface area contributed by atoms with Gasteiger partial charge in [-0.05, 0) is 55.7 Å². The maximum atomic E-state index is 13.2. The minimum Gasteiger partial charge on any atom is -0.494 e. The predicted molar refractivity (Wildman–Crippen MR) is 135 cm³/mol. The summed E-state index contributed by atoms with van der Waals surface area (Å²) in [6.07, 6.45) is 2.23. The van der Waals surface area contributed by atoms with Crippen LogP contribution in [0.5, 0.6) is 5.75 Å². The van der Waals surface area contributed by atoms with Gasteiger partial charge in [-0.2, -0.15) is 4.31 Å². The molecule has 35 heavy (non-hydrogen) atoms. The van der Waals surface area contributed by atoms with E-state index in [-0.39, 0.29) is 11.0 Å². The molecule has 3 heterocycles. The summed E-state index contributed by atoms with van der Waals surface area (Å²) in [6.45, 7) is 5.69. The summed E-state index contributed by atoms with van der Waals surface area (Å²) < 4.78 is 46.8. The molecule has 0 amide bonds. The van der Waals surface area contributed by atoms with Crippen LogP contribution in [-0.4, -0.2) is 67.9 Å². The second-order valence-corrected chi connectivity index (χ2v) is 11.6. The maximum absolute atomic E-state index is 13.2. The van der Waals surface area contributed by atoms with Crippen LogP contribution in [0.4, 0.5) is 0 Å². The number of rotatable bonds is 9. The highest BCUT2D eigenvalue weighted by Gasteiger charge is 2.27. The molecule has 8 nitrogen and oxygen atoms in total. The van der Waals surface area contributed by atoms with Crippen LogP contribution >= 0.6 is 11.8 Å². The number of morpholine rings is 1. The lowest BCUT2D eigenvalue weighted by Gasteiger charge is -2.26. The molecule has 2 aliphatic rings. The molecule has 1 atom stereocenters. The number of hydrogen-bond donors (Lipinski definition) is 0.